The molecule has 0 radical (unpaired) electrons. The number of carbonyl (C=O) groups excluding carboxylic acids is 1. The standard InChI is InChI=1S/C16H20N2O2/c1-16(20)14(12(7-17)15(19)18-16)13-10-3-8-2-9(5-10)6-11(13)4-8/h8-11,13,20H,2-6H2,1H3,(H,18,19). The minimum Gasteiger partial charge on any atom is -0.367 e. The fourth-order valence-corrected chi connectivity index (χ4v) is 5.72. The van der Waals surface area contributed by atoms with Gasteiger partial charge in [0, 0.05) is 5.57 Å². The Kier molecular flexibility index (Phi) is 2.39. The first-order valence-corrected chi connectivity index (χ1v) is 7.69. The Hall–Kier alpha value is -1.34. The van der Waals surface area contributed by atoms with E-state index in [1.165, 1.54) is 32.1 Å². The van der Waals surface area contributed by atoms with Gasteiger partial charge in [0.05, 0.1) is 0 Å². The summed E-state index contributed by atoms with van der Waals surface area (Å²) in [6.45, 7) is 1.62. The highest BCUT2D eigenvalue weighted by Gasteiger charge is 2.54. The van der Waals surface area contributed by atoms with Crippen LogP contribution in [0.25, 0.3) is 0 Å². The first kappa shape index (κ1) is 12.4. The lowest BCUT2D eigenvalue weighted by Gasteiger charge is -2.55. The molecule has 5 aliphatic rings. The number of hydrogen-bond donors (Lipinski definition) is 2. The zero-order chi connectivity index (χ0) is 14.1. The fourth-order valence-electron chi connectivity index (χ4n) is 5.72. The van der Waals surface area contributed by atoms with Gasteiger partial charge in [-0.05, 0) is 68.6 Å². The van der Waals surface area contributed by atoms with Crippen LogP contribution in [0.3, 0.4) is 0 Å². The molecule has 0 spiro atoms. The van der Waals surface area contributed by atoms with Gasteiger partial charge in [0.1, 0.15) is 11.6 Å². The van der Waals surface area contributed by atoms with E-state index in [1.807, 2.05) is 6.07 Å². The SMILES string of the molecule is CC1(O)NC(=O)C(C#N)=C1C1C2CC3CC(C2)CC1C3. The zero-order valence-electron chi connectivity index (χ0n) is 11.7. The maximum absolute atomic E-state index is 11.9. The minimum absolute atomic E-state index is 0.174. The third-order valence-corrected chi connectivity index (χ3v) is 6.05. The maximum atomic E-state index is 11.9. The molecule has 1 aliphatic heterocycles. The molecule has 4 bridgehead atoms. The Morgan fingerprint density at radius 1 is 1.20 bits per heavy atom. The van der Waals surface area contributed by atoms with Crippen molar-refractivity contribution in [1.29, 1.82) is 5.26 Å². The van der Waals surface area contributed by atoms with Crippen LogP contribution in [0, 0.1) is 40.9 Å². The van der Waals surface area contributed by atoms with Gasteiger partial charge in [0.15, 0.2) is 5.72 Å². The van der Waals surface area contributed by atoms with E-state index in [4.69, 9.17) is 0 Å². The summed E-state index contributed by atoms with van der Waals surface area (Å²) in [5.74, 6) is 2.63. The van der Waals surface area contributed by atoms with Gasteiger partial charge in [0.25, 0.3) is 5.91 Å². The summed E-state index contributed by atoms with van der Waals surface area (Å²) in [6, 6.07) is 2.04. The van der Waals surface area contributed by atoms with E-state index in [9.17, 15) is 15.2 Å². The third kappa shape index (κ3) is 1.53. The van der Waals surface area contributed by atoms with Crippen molar-refractivity contribution in [3.05, 3.63) is 11.1 Å². The van der Waals surface area contributed by atoms with Crippen LogP contribution in [0.15, 0.2) is 11.1 Å². The van der Waals surface area contributed by atoms with Gasteiger partial charge >= 0.3 is 0 Å². The monoisotopic (exact) mass is 272 g/mol. The molecule has 20 heavy (non-hydrogen) atoms. The largest absolute Gasteiger partial charge is 0.367 e. The number of rotatable bonds is 1. The topological polar surface area (TPSA) is 73.1 Å². The van der Waals surface area contributed by atoms with Crippen molar-refractivity contribution >= 4 is 5.91 Å². The highest BCUT2D eigenvalue weighted by Crippen LogP contribution is 2.60. The van der Waals surface area contributed by atoms with E-state index in [0.717, 1.165) is 11.8 Å². The van der Waals surface area contributed by atoms with Gasteiger partial charge in [-0.3, -0.25) is 4.79 Å². The normalized spacial score (nSPS) is 49.5. The Morgan fingerprint density at radius 3 is 2.25 bits per heavy atom. The van der Waals surface area contributed by atoms with E-state index in [1.54, 1.807) is 6.92 Å². The van der Waals surface area contributed by atoms with Gasteiger partial charge < -0.3 is 10.4 Å². The molecule has 1 atom stereocenters. The summed E-state index contributed by atoms with van der Waals surface area (Å²) in [6.07, 6.45) is 6.22. The summed E-state index contributed by atoms with van der Waals surface area (Å²) in [7, 11) is 0. The molecular formula is C16H20N2O2. The first-order valence-electron chi connectivity index (χ1n) is 7.69. The number of nitriles is 1. The third-order valence-electron chi connectivity index (χ3n) is 6.05. The van der Waals surface area contributed by atoms with Crippen LogP contribution in [0.2, 0.25) is 0 Å². The second-order valence-corrected chi connectivity index (χ2v) is 7.38. The van der Waals surface area contributed by atoms with Gasteiger partial charge in [-0.1, -0.05) is 0 Å². The van der Waals surface area contributed by atoms with Gasteiger partial charge in [-0.25, -0.2) is 0 Å². The van der Waals surface area contributed by atoms with Crippen molar-refractivity contribution in [3.63, 3.8) is 0 Å². The molecule has 4 heteroatoms. The predicted octanol–water partition coefficient (Wildman–Crippen LogP) is 1.72. The lowest BCUT2D eigenvalue weighted by Crippen LogP contribution is -2.51. The summed E-state index contributed by atoms with van der Waals surface area (Å²) in [5.41, 5.74) is -0.464. The molecule has 1 unspecified atom stereocenters. The summed E-state index contributed by atoms with van der Waals surface area (Å²) in [4.78, 5) is 11.9. The lowest BCUT2D eigenvalue weighted by atomic mass is 9.50. The molecule has 106 valence electrons. The van der Waals surface area contributed by atoms with Crippen molar-refractivity contribution in [2.45, 2.75) is 44.8 Å². The Bertz CT molecular complexity index is 527. The Morgan fingerprint density at radius 2 is 1.75 bits per heavy atom. The van der Waals surface area contributed by atoms with E-state index in [2.05, 4.69) is 5.32 Å². The van der Waals surface area contributed by atoms with Crippen LogP contribution >= 0.6 is 0 Å². The average molecular weight is 272 g/mol. The maximum Gasteiger partial charge on any atom is 0.264 e. The predicted molar refractivity (Wildman–Crippen MR) is 71.9 cm³/mol. The van der Waals surface area contributed by atoms with Gasteiger partial charge in [-0.2, -0.15) is 5.26 Å². The summed E-state index contributed by atoms with van der Waals surface area (Å²) in [5, 5.41) is 22.5. The number of nitrogens with zero attached hydrogens (tertiary/aromatic N) is 1. The van der Waals surface area contributed by atoms with Gasteiger partial charge in [-0.15, -0.1) is 0 Å². The number of aliphatic hydroxyl groups is 1. The highest BCUT2D eigenvalue weighted by atomic mass is 16.3. The Labute approximate surface area is 118 Å². The lowest BCUT2D eigenvalue weighted by molar-refractivity contribution is -0.120. The molecule has 1 heterocycles. The summed E-state index contributed by atoms with van der Waals surface area (Å²) >= 11 is 0. The average Bonchev–Trinajstić information content (AvgIpc) is 2.57. The molecule has 0 aromatic heterocycles. The van der Waals surface area contributed by atoms with Crippen molar-refractivity contribution < 1.29 is 9.90 Å². The second kappa shape index (κ2) is 3.85. The van der Waals surface area contributed by atoms with E-state index >= 15 is 0 Å². The van der Waals surface area contributed by atoms with Gasteiger partial charge in [0.2, 0.25) is 0 Å². The quantitative estimate of drug-likeness (QED) is 0.763. The van der Waals surface area contributed by atoms with E-state index < -0.39 is 11.6 Å². The summed E-state index contributed by atoms with van der Waals surface area (Å²) < 4.78 is 0. The second-order valence-electron chi connectivity index (χ2n) is 7.38. The first-order chi connectivity index (χ1) is 9.49. The molecule has 4 aliphatic carbocycles. The van der Waals surface area contributed by atoms with Crippen molar-refractivity contribution in [2.24, 2.45) is 29.6 Å². The van der Waals surface area contributed by atoms with Crippen LogP contribution in [0.1, 0.15) is 39.0 Å². The molecule has 5 rings (SSSR count). The van der Waals surface area contributed by atoms with Crippen molar-refractivity contribution in [2.75, 3.05) is 0 Å². The molecule has 2 N–H and O–H groups in total. The highest BCUT2D eigenvalue weighted by molar-refractivity contribution is 6.01. The molecule has 0 saturated heterocycles. The Balaban J connectivity index is 1.79. The molecular weight excluding hydrogens is 252 g/mol. The zero-order valence-corrected chi connectivity index (χ0v) is 11.7. The van der Waals surface area contributed by atoms with Crippen LogP contribution in [-0.4, -0.2) is 16.7 Å². The fraction of sp³-hybridized carbons (Fsp3) is 0.750. The van der Waals surface area contributed by atoms with Crippen LogP contribution < -0.4 is 5.32 Å². The van der Waals surface area contributed by atoms with Crippen LogP contribution in [0.4, 0.5) is 0 Å². The molecule has 0 aromatic carbocycles. The molecule has 4 fully saturated rings. The van der Waals surface area contributed by atoms with Crippen molar-refractivity contribution in [3.8, 4) is 6.07 Å². The smallest absolute Gasteiger partial charge is 0.264 e. The van der Waals surface area contributed by atoms with E-state index in [0.29, 0.717) is 17.4 Å². The van der Waals surface area contributed by atoms with Crippen LogP contribution in [-0.2, 0) is 4.79 Å². The van der Waals surface area contributed by atoms with Crippen molar-refractivity contribution in [1.82, 2.24) is 5.32 Å². The minimum atomic E-state index is -1.33. The number of hydrogen-bond acceptors (Lipinski definition) is 3. The van der Waals surface area contributed by atoms with Crippen LogP contribution in [0.5, 0.6) is 0 Å². The number of amides is 1. The number of nitrogens with one attached hydrogen (secondary N) is 1. The molecule has 0 aromatic rings. The molecule has 4 saturated carbocycles. The molecule has 4 nitrogen and oxygen atoms in total. The number of carbonyl (C=O) groups is 1. The van der Waals surface area contributed by atoms with E-state index in [-0.39, 0.29) is 11.5 Å². The molecule has 1 amide bonds.